The molecule has 1 aliphatic heterocycles. The minimum atomic E-state index is 0.809. The molecule has 1 saturated heterocycles. The Kier molecular flexibility index (Phi) is 5.74. The van der Waals surface area contributed by atoms with E-state index in [-0.39, 0.29) is 0 Å². The molecule has 1 nitrogen and oxygen atoms in total. The highest BCUT2D eigenvalue weighted by Crippen LogP contribution is 2.36. The van der Waals surface area contributed by atoms with Gasteiger partial charge in [0.15, 0.2) is 0 Å². The Morgan fingerprint density at radius 1 is 1.00 bits per heavy atom. The average molecular weight is 264 g/mol. The van der Waals surface area contributed by atoms with Gasteiger partial charge in [-0.2, -0.15) is 18.8 Å². The second-order valence-corrected chi connectivity index (χ2v) is 7.30. The molecule has 1 saturated carbocycles. The molecule has 1 heteroatoms. The molecule has 0 amide bonds. The summed E-state index contributed by atoms with van der Waals surface area (Å²) in [6.07, 6.45) is 9.99. The number of piperidine rings is 1. The van der Waals surface area contributed by atoms with Crippen molar-refractivity contribution in [2.75, 3.05) is 13.1 Å². The summed E-state index contributed by atoms with van der Waals surface area (Å²) in [5, 5.41) is 0. The van der Waals surface area contributed by atoms with Gasteiger partial charge in [-0.25, -0.2) is 0 Å². The van der Waals surface area contributed by atoms with Crippen LogP contribution in [0.5, 0.6) is 0 Å². The summed E-state index contributed by atoms with van der Waals surface area (Å²) >= 11 is 0. The first-order valence-corrected chi connectivity index (χ1v) is 8.70. The lowest BCUT2D eigenvalue weighted by molar-refractivity contribution is 0.103. The van der Waals surface area contributed by atoms with Crippen LogP contribution in [0.4, 0.5) is 0 Å². The second kappa shape index (κ2) is 7.11. The minimum Gasteiger partial charge on any atom is -0.309 e. The van der Waals surface area contributed by atoms with E-state index in [1.807, 2.05) is 5.92 Å². The van der Waals surface area contributed by atoms with Crippen molar-refractivity contribution >= 4 is 0 Å². The largest absolute Gasteiger partial charge is 0.309 e. The van der Waals surface area contributed by atoms with Gasteiger partial charge >= 0.3 is 0 Å². The van der Waals surface area contributed by atoms with E-state index in [0.29, 0.717) is 0 Å². The normalized spacial score (nSPS) is 32.7. The van der Waals surface area contributed by atoms with Gasteiger partial charge in [0.2, 0.25) is 0 Å². The summed E-state index contributed by atoms with van der Waals surface area (Å²) in [5.41, 5.74) is 0. The third kappa shape index (κ3) is 3.97. The molecule has 2 rings (SSSR count). The van der Waals surface area contributed by atoms with E-state index in [1.54, 1.807) is 0 Å². The molecule has 1 aliphatic carbocycles. The fourth-order valence-electron chi connectivity index (χ4n) is 4.12. The third-order valence-electron chi connectivity index (χ3n) is 5.96. The summed E-state index contributed by atoms with van der Waals surface area (Å²) in [6.45, 7) is 12.2. The van der Waals surface area contributed by atoms with E-state index >= 15 is 0 Å². The topological polar surface area (TPSA) is 3.24 Å². The number of hydrogen-bond donors (Lipinski definition) is 0. The summed E-state index contributed by atoms with van der Waals surface area (Å²) in [7, 11) is 0. The first kappa shape index (κ1) is 15.4. The first-order chi connectivity index (χ1) is 9.11. The molecule has 0 aromatic heterocycles. The van der Waals surface area contributed by atoms with Gasteiger partial charge < -0.3 is 10.8 Å². The Morgan fingerprint density at radius 3 is 2.05 bits per heavy atom. The maximum atomic E-state index is 2.80. The van der Waals surface area contributed by atoms with E-state index in [2.05, 4.69) is 32.6 Å². The fourth-order valence-corrected chi connectivity index (χ4v) is 4.12. The molecule has 2 fully saturated rings. The predicted octanol–water partition coefficient (Wildman–Crippen LogP) is 4.92. The summed E-state index contributed by atoms with van der Waals surface area (Å²) in [4.78, 5) is 2.80. The van der Waals surface area contributed by atoms with Crippen LogP contribution in [0.1, 0.15) is 72.6 Å². The Labute approximate surface area is 121 Å². The zero-order chi connectivity index (χ0) is 13.8. The molecular weight excluding hydrogens is 230 g/mol. The van der Waals surface area contributed by atoms with E-state index in [1.165, 1.54) is 58.0 Å². The minimum absolute atomic E-state index is 0.809. The van der Waals surface area contributed by atoms with Gasteiger partial charge in [0.05, 0.1) is 0 Å². The van der Waals surface area contributed by atoms with Crippen molar-refractivity contribution < 1.29 is 0 Å². The number of likely N-dealkylation sites (tertiary alicyclic amines) is 1. The summed E-state index contributed by atoms with van der Waals surface area (Å²) in [6, 6.07) is 0.911. The third-order valence-corrected chi connectivity index (χ3v) is 5.96. The van der Waals surface area contributed by atoms with E-state index in [0.717, 1.165) is 23.8 Å². The lowest BCUT2D eigenvalue weighted by atomic mass is 9.77. The number of nitrogens with zero attached hydrogens (tertiary/aromatic N) is 1. The van der Waals surface area contributed by atoms with E-state index < -0.39 is 0 Å². The molecule has 2 aliphatic rings. The van der Waals surface area contributed by atoms with Gasteiger partial charge in [0, 0.05) is 6.04 Å². The maximum Gasteiger partial charge on any atom is 0.00933 e. The van der Waals surface area contributed by atoms with Crippen LogP contribution >= 0.6 is 0 Å². The second-order valence-electron chi connectivity index (χ2n) is 7.30. The zero-order valence-electron chi connectivity index (χ0n) is 13.6. The van der Waals surface area contributed by atoms with E-state index in [9.17, 15) is 0 Å². The molecular formula is C18H34N-. The van der Waals surface area contributed by atoms with Gasteiger partial charge in [-0.3, -0.25) is 0 Å². The highest BCUT2D eigenvalue weighted by molar-refractivity contribution is 4.99. The van der Waals surface area contributed by atoms with Gasteiger partial charge in [-0.05, 0) is 50.6 Å². The van der Waals surface area contributed by atoms with Gasteiger partial charge in [0.1, 0.15) is 0 Å². The molecule has 1 heterocycles. The van der Waals surface area contributed by atoms with Crippen LogP contribution in [0.25, 0.3) is 0 Å². The Hall–Kier alpha value is -0.0400. The van der Waals surface area contributed by atoms with Crippen LogP contribution in [0.3, 0.4) is 0 Å². The van der Waals surface area contributed by atoms with E-state index in [4.69, 9.17) is 0 Å². The molecule has 19 heavy (non-hydrogen) atoms. The fraction of sp³-hybridized carbons (Fsp3) is 0.944. The molecule has 0 radical (unpaired) electrons. The van der Waals surface area contributed by atoms with Crippen molar-refractivity contribution in [1.29, 1.82) is 0 Å². The van der Waals surface area contributed by atoms with Gasteiger partial charge in [-0.1, -0.05) is 34.1 Å². The van der Waals surface area contributed by atoms with Crippen LogP contribution in [0.2, 0.25) is 0 Å². The molecule has 1 unspecified atom stereocenters. The van der Waals surface area contributed by atoms with Crippen LogP contribution in [0.15, 0.2) is 0 Å². The highest BCUT2D eigenvalue weighted by Gasteiger charge is 2.28. The molecule has 112 valence electrons. The Morgan fingerprint density at radius 2 is 1.58 bits per heavy atom. The molecule has 0 bridgehead atoms. The quantitative estimate of drug-likeness (QED) is 0.652. The molecule has 0 aromatic carbocycles. The smallest absolute Gasteiger partial charge is 0.00933 e. The van der Waals surface area contributed by atoms with Crippen molar-refractivity contribution in [1.82, 2.24) is 4.90 Å². The summed E-state index contributed by atoms with van der Waals surface area (Å²) in [5.74, 6) is 4.58. The monoisotopic (exact) mass is 264 g/mol. The lowest BCUT2D eigenvalue weighted by Gasteiger charge is -2.48. The summed E-state index contributed by atoms with van der Waals surface area (Å²) < 4.78 is 0. The van der Waals surface area contributed by atoms with Crippen molar-refractivity contribution in [2.24, 2.45) is 17.8 Å². The number of hydrogen-bond acceptors (Lipinski definition) is 1. The van der Waals surface area contributed by atoms with Gasteiger partial charge in [0.25, 0.3) is 0 Å². The standard InChI is InChI=1S/C18H34N/c1-5-15(4)17-6-8-18(9-7-17)19-12-10-16(11-13-19)14(2)3/h14-15,17-18H,5-13H2,1-4H3/q-1. The lowest BCUT2D eigenvalue weighted by Crippen LogP contribution is -2.43. The van der Waals surface area contributed by atoms with Crippen LogP contribution in [-0.4, -0.2) is 24.0 Å². The highest BCUT2D eigenvalue weighted by atomic mass is 15.2. The number of rotatable bonds is 4. The maximum absolute atomic E-state index is 2.80. The SMILES string of the molecule is CCC(C)C1CCC(N2CC[C-](C(C)C)CC2)CC1. The Balaban J connectivity index is 1.74. The molecule has 0 N–H and O–H groups in total. The first-order valence-electron chi connectivity index (χ1n) is 8.70. The molecule has 0 aromatic rings. The van der Waals surface area contributed by atoms with Crippen LogP contribution in [-0.2, 0) is 0 Å². The van der Waals surface area contributed by atoms with Gasteiger partial charge in [-0.15, -0.1) is 0 Å². The molecule has 0 spiro atoms. The van der Waals surface area contributed by atoms with Crippen molar-refractivity contribution in [3.63, 3.8) is 0 Å². The zero-order valence-corrected chi connectivity index (χ0v) is 13.6. The van der Waals surface area contributed by atoms with Crippen molar-refractivity contribution in [2.45, 2.75) is 78.7 Å². The average Bonchev–Trinajstić information content (AvgIpc) is 2.46. The molecule has 1 atom stereocenters. The van der Waals surface area contributed by atoms with Crippen molar-refractivity contribution in [3.8, 4) is 0 Å². The predicted molar refractivity (Wildman–Crippen MR) is 84.1 cm³/mol. The van der Waals surface area contributed by atoms with Crippen molar-refractivity contribution in [3.05, 3.63) is 5.92 Å². The Bertz CT molecular complexity index is 244. The van der Waals surface area contributed by atoms with Crippen LogP contribution in [0, 0.1) is 23.7 Å². The van der Waals surface area contributed by atoms with Crippen LogP contribution < -0.4 is 0 Å².